The number of aliphatic carboxylic acids is 1. The third-order valence-electron chi connectivity index (χ3n) is 2.23. The molecule has 0 atom stereocenters. The Balaban J connectivity index is 2.42. The Morgan fingerprint density at radius 2 is 1.74 bits per heavy atom. The average molecular weight is 266 g/mol. The van der Waals surface area contributed by atoms with Crippen molar-refractivity contribution in [3.05, 3.63) is 29.8 Å². The van der Waals surface area contributed by atoms with Crippen LogP contribution < -0.4 is 15.6 Å². The number of ether oxygens (including phenoxy) is 1. The summed E-state index contributed by atoms with van der Waals surface area (Å²) in [7, 11) is 1.51. The smallest absolute Gasteiger partial charge is 0.303 e. The van der Waals surface area contributed by atoms with Gasteiger partial charge in [-0.05, 0) is 24.3 Å². The minimum atomic E-state index is -1.07. The van der Waals surface area contributed by atoms with Gasteiger partial charge in [-0.25, -0.2) is 0 Å². The van der Waals surface area contributed by atoms with E-state index in [1.807, 2.05) is 0 Å². The Morgan fingerprint density at radius 1 is 1.11 bits per heavy atom. The standard InChI is InChI=1S/C12H14N2O5/c1-19-9-4-2-8(3-5-9)12(18)14-13-10(15)6-7-11(16)17/h2-5H,6-7H2,1H3,(H,13,15)(H,14,18)(H,16,17). The number of carboxylic acids is 1. The third kappa shape index (κ3) is 5.07. The molecule has 0 aliphatic carbocycles. The van der Waals surface area contributed by atoms with Crippen molar-refractivity contribution in [3.8, 4) is 5.75 Å². The number of hydrazine groups is 1. The number of amides is 2. The lowest BCUT2D eigenvalue weighted by Gasteiger charge is -2.07. The number of carbonyl (C=O) groups is 3. The zero-order valence-electron chi connectivity index (χ0n) is 10.3. The molecule has 102 valence electrons. The van der Waals surface area contributed by atoms with E-state index < -0.39 is 17.8 Å². The Kier molecular flexibility index (Phi) is 5.34. The molecule has 0 saturated heterocycles. The molecule has 7 heteroatoms. The van der Waals surface area contributed by atoms with Gasteiger partial charge in [0.15, 0.2) is 0 Å². The van der Waals surface area contributed by atoms with Crippen LogP contribution in [0.2, 0.25) is 0 Å². The molecule has 0 radical (unpaired) electrons. The first kappa shape index (κ1) is 14.5. The maximum atomic E-state index is 11.6. The Labute approximate surface area is 109 Å². The third-order valence-corrected chi connectivity index (χ3v) is 2.23. The molecule has 1 rings (SSSR count). The number of methoxy groups -OCH3 is 1. The van der Waals surface area contributed by atoms with E-state index in [-0.39, 0.29) is 12.8 Å². The molecule has 0 aliphatic rings. The highest BCUT2D eigenvalue weighted by molar-refractivity contribution is 5.95. The summed E-state index contributed by atoms with van der Waals surface area (Å²) >= 11 is 0. The van der Waals surface area contributed by atoms with Crippen molar-refractivity contribution in [1.29, 1.82) is 0 Å². The first-order chi connectivity index (χ1) is 9.02. The van der Waals surface area contributed by atoms with Crippen LogP contribution >= 0.6 is 0 Å². The van der Waals surface area contributed by atoms with Crippen molar-refractivity contribution in [1.82, 2.24) is 10.9 Å². The normalized spacial score (nSPS) is 9.53. The number of benzene rings is 1. The summed E-state index contributed by atoms with van der Waals surface area (Å²) in [5, 5.41) is 8.39. The van der Waals surface area contributed by atoms with E-state index in [2.05, 4.69) is 10.9 Å². The maximum absolute atomic E-state index is 11.6. The van der Waals surface area contributed by atoms with Crippen LogP contribution in [0.1, 0.15) is 23.2 Å². The van der Waals surface area contributed by atoms with Crippen molar-refractivity contribution in [2.24, 2.45) is 0 Å². The van der Waals surface area contributed by atoms with Gasteiger partial charge in [0.2, 0.25) is 5.91 Å². The van der Waals surface area contributed by atoms with E-state index >= 15 is 0 Å². The number of nitrogens with one attached hydrogen (secondary N) is 2. The minimum Gasteiger partial charge on any atom is -0.497 e. The molecule has 0 bridgehead atoms. The second kappa shape index (κ2) is 7.00. The molecule has 0 unspecified atom stereocenters. The van der Waals surface area contributed by atoms with Crippen molar-refractivity contribution in [2.75, 3.05) is 7.11 Å². The molecule has 3 N–H and O–H groups in total. The minimum absolute atomic E-state index is 0.196. The fraction of sp³-hybridized carbons (Fsp3) is 0.250. The number of hydrogen-bond acceptors (Lipinski definition) is 4. The van der Waals surface area contributed by atoms with E-state index in [4.69, 9.17) is 9.84 Å². The van der Waals surface area contributed by atoms with Gasteiger partial charge < -0.3 is 9.84 Å². The summed E-state index contributed by atoms with van der Waals surface area (Å²) in [6, 6.07) is 6.30. The molecule has 7 nitrogen and oxygen atoms in total. The lowest BCUT2D eigenvalue weighted by atomic mass is 10.2. The second-order valence-electron chi connectivity index (χ2n) is 3.62. The quantitative estimate of drug-likeness (QED) is 0.666. The van der Waals surface area contributed by atoms with Gasteiger partial charge in [-0.15, -0.1) is 0 Å². The molecule has 0 saturated carbocycles. The first-order valence-electron chi connectivity index (χ1n) is 5.48. The monoisotopic (exact) mass is 266 g/mol. The van der Waals surface area contributed by atoms with Crippen molar-refractivity contribution >= 4 is 17.8 Å². The maximum Gasteiger partial charge on any atom is 0.303 e. The Morgan fingerprint density at radius 3 is 2.26 bits per heavy atom. The zero-order valence-corrected chi connectivity index (χ0v) is 10.3. The van der Waals surface area contributed by atoms with Gasteiger partial charge in [0, 0.05) is 12.0 Å². The summed E-state index contributed by atoms with van der Waals surface area (Å²) in [4.78, 5) is 33.0. The molecule has 0 spiro atoms. The Bertz CT molecular complexity index is 470. The lowest BCUT2D eigenvalue weighted by Crippen LogP contribution is -2.41. The van der Waals surface area contributed by atoms with Crippen LogP contribution in [0.25, 0.3) is 0 Å². The van der Waals surface area contributed by atoms with Gasteiger partial charge in [-0.2, -0.15) is 0 Å². The summed E-state index contributed by atoms with van der Waals surface area (Å²) < 4.78 is 4.94. The van der Waals surface area contributed by atoms with Gasteiger partial charge in [0.1, 0.15) is 5.75 Å². The number of rotatable bonds is 5. The highest BCUT2D eigenvalue weighted by Crippen LogP contribution is 2.10. The summed E-state index contributed by atoms with van der Waals surface area (Å²) in [5.41, 5.74) is 4.67. The molecule has 1 aromatic carbocycles. The van der Waals surface area contributed by atoms with Crippen molar-refractivity contribution in [3.63, 3.8) is 0 Å². The topological polar surface area (TPSA) is 105 Å². The van der Waals surface area contributed by atoms with Crippen LogP contribution in [-0.2, 0) is 9.59 Å². The van der Waals surface area contributed by atoms with Crippen LogP contribution in [0.15, 0.2) is 24.3 Å². The molecule has 1 aromatic rings. The molecule has 0 aromatic heterocycles. The molecule has 0 heterocycles. The number of hydrogen-bond donors (Lipinski definition) is 3. The van der Waals surface area contributed by atoms with E-state index in [0.29, 0.717) is 11.3 Å². The van der Waals surface area contributed by atoms with Gasteiger partial charge in [-0.3, -0.25) is 25.2 Å². The zero-order chi connectivity index (χ0) is 14.3. The van der Waals surface area contributed by atoms with Gasteiger partial charge >= 0.3 is 5.97 Å². The highest BCUT2D eigenvalue weighted by Gasteiger charge is 2.08. The fourth-order valence-corrected chi connectivity index (χ4v) is 1.22. The van der Waals surface area contributed by atoms with E-state index in [9.17, 15) is 14.4 Å². The van der Waals surface area contributed by atoms with E-state index in [1.165, 1.54) is 19.2 Å². The van der Waals surface area contributed by atoms with Crippen molar-refractivity contribution in [2.45, 2.75) is 12.8 Å². The predicted octanol–water partition coefficient (Wildman–Crippen LogP) is 0.321. The summed E-state index contributed by atoms with van der Waals surface area (Å²) in [6.45, 7) is 0. The average Bonchev–Trinajstić information content (AvgIpc) is 2.42. The summed E-state index contributed by atoms with van der Waals surface area (Å²) in [6.07, 6.45) is -0.484. The molecular weight excluding hydrogens is 252 g/mol. The second-order valence-corrected chi connectivity index (χ2v) is 3.62. The molecular formula is C12H14N2O5. The molecule has 0 aliphatic heterocycles. The van der Waals surface area contributed by atoms with E-state index in [0.717, 1.165) is 0 Å². The van der Waals surface area contributed by atoms with E-state index in [1.54, 1.807) is 12.1 Å². The molecule has 0 fully saturated rings. The van der Waals surface area contributed by atoms with Crippen LogP contribution in [0.5, 0.6) is 5.75 Å². The van der Waals surface area contributed by atoms with Crippen molar-refractivity contribution < 1.29 is 24.2 Å². The van der Waals surface area contributed by atoms with Crippen LogP contribution in [0.3, 0.4) is 0 Å². The fourth-order valence-electron chi connectivity index (χ4n) is 1.22. The van der Waals surface area contributed by atoms with Crippen LogP contribution in [0.4, 0.5) is 0 Å². The van der Waals surface area contributed by atoms with Gasteiger partial charge in [-0.1, -0.05) is 0 Å². The van der Waals surface area contributed by atoms with Gasteiger partial charge in [0.25, 0.3) is 5.91 Å². The SMILES string of the molecule is COc1ccc(C(=O)NNC(=O)CCC(=O)O)cc1. The molecule has 19 heavy (non-hydrogen) atoms. The molecule has 2 amide bonds. The number of carbonyl (C=O) groups excluding carboxylic acids is 2. The Hall–Kier alpha value is -2.57. The van der Waals surface area contributed by atoms with Gasteiger partial charge in [0.05, 0.1) is 13.5 Å². The van der Waals surface area contributed by atoms with Crippen LogP contribution in [-0.4, -0.2) is 30.0 Å². The highest BCUT2D eigenvalue weighted by atomic mass is 16.5. The number of carboxylic acid groups (broad SMARTS) is 1. The first-order valence-corrected chi connectivity index (χ1v) is 5.48. The lowest BCUT2D eigenvalue weighted by molar-refractivity contribution is -0.138. The van der Waals surface area contributed by atoms with Crippen LogP contribution in [0, 0.1) is 0 Å². The summed E-state index contributed by atoms with van der Waals surface area (Å²) in [5.74, 6) is -1.52. The predicted molar refractivity (Wildman–Crippen MR) is 65.5 cm³/mol. The largest absolute Gasteiger partial charge is 0.497 e.